The van der Waals surface area contributed by atoms with Gasteiger partial charge in [0, 0.05) is 17.5 Å². The number of benzene rings is 1. The molecule has 1 aliphatic carbocycles. The molecule has 5 heteroatoms. The number of aliphatic carboxylic acids is 1. The molecular formula is C16H20ClNO3. The first-order valence-corrected chi connectivity index (χ1v) is 7.57. The van der Waals surface area contributed by atoms with Crippen LogP contribution in [0.15, 0.2) is 24.3 Å². The third-order valence-corrected chi connectivity index (χ3v) is 4.73. The number of rotatable bonds is 5. The maximum absolute atomic E-state index is 12.0. The van der Waals surface area contributed by atoms with E-state index in [1.54, 1.807) is 13.0 Å². The lowest BCUT2D eigenvalue weighted by Crippen LogP contribution is -2.47. The fourth-order valence-corrected chi connectivity index (χ4v) is 3.10. The van der Waals surface area contributed by atoms with E-state index in [9.17, 15) is 14.7 Å². The van der Waals surface area contributed by atoms with Gasteiger partial charge in [0.1, 0.15) is 0 Å². The van der Waals surface area contributed by atoms with E-state index < -0.39 is 11.4 Å². The van der Waals surface area contributed by atoms with Gasteiger partial charge in [0.25, 0.3) is 0 Å². The largest absolute Gasteiger partial charge is 0.481 e. The van der Waals surface area contributed by atoms with Gasteiger partial charge in [0.2, 0.25) is 5.91 Å². The quantitative estimate of drug-likeness (QED) is 0.878. The normalized spacial score (nSPS) is 24.8. The molecule has 2 rings (SSSR count). The van der Waals surface area contributed by atoms with Crippen molar-refractivity contribution >= 4 is 23.5 Å². The molecule has 1 aromatic carbocycles. The molecule has 2 N–H and O–H groups in total. The van der Waals surface area contributed by atoms with E-state index in [-0.39, 0.29) is 11.9 Å². The molecule has 0 bridgehead atoms. The molecule has 0 radical (unpaired) electrons. The lowest BCUT2D eigenvalue weighted by Gasteiger charge is -2.27. The van der Waals surface area contributed by atoms with E-state index in [0.29, 0.717) is 24.3 Å². The summed E-state index contributed by atoms with van der Waals surface area (Å²) >= 11 is 6.06. The molecule has 1 amide bonds. The average molecular weight is 310 g/mol. The van der Waals surface area contributed by atoms with Gasteiger partial charge in [0.15, 0.2) is 0 Å². The molecule has 0 aromatic heterocycles. The van der Waals surface area contributed by atoms with Crippen LogP contribution in [0.3, 0.4) is 0 Å². The van der Waals surface area contributed by atoms with Crippen LogP contribution in [-0.2, 0) is 16.0 Å². The molecule has 0 heterocycles. The Bertz CT molecular complexity index is 546. The number of carboxylic acids is 1. The Morgan fingerprint density at radius 3 is 2.81 bits per heavy atom. The van der Waals surface area contributed by atoms with Gasteiger partial charge in [0.05, 0.1) is 5.41 Å². The standard InChI is InChI=1S/C16H20ClNO3/c1-16(15(20)21)10-4-7-13(16)18-14(19)9-8-11-5-2-3-6-12(11)17/h2-3,5-6,13H,4,7-10H2,1H3,(H,18,19)(H,20,21). The molecule has 0 aliphatic heterocycles. The monoisotopic (exact) mass is 309 g/mol. The fourth-order valence-electron chi connectivity index (χ4n) is 2.87. The van der Waals surface area contributed by atoms with E-state index in [1.165, 1.54) is 0 Å². The number of hydrogen-bond donors (Lipinski definition) is 2. The highest BCUT2D eigenvalue weighted by molar-refractivity contribution is 6.31. The summed E-state index contributed by atoms with van der Waals surface area (Å²) in [5, 5.41) is 12.9. The number of hydrogen-bond acceptors (Lipinski definition) is 2. The van der Waals surface area contributed by atoms with Crippen molar-refractivity contribution in [2.24, 2.45) is 5.41 Å². The van der Waals surface area contributed by atoms with Crippen LogP contribution in [0.2, 0.25) is 5.02 Å². The number of halogens is 1. The molecule has 2 unspecified atom stereocenters. The first-order chi connectivity index (χ1) is 9.93. The first-order valence-electron chi connectivity index (χ1n) is 7.19. The Labute approximate surface area is 129 Å². The summed E-state index contributed by atoms with van der Waals surface area (Å²) in [6.07, 6.45) is 3.04. The van der Waals surface area contributed by atoms with Crippen molar-refractivity contribution in [1.82, 2.24) is 5.32 Å². The highest BCUT2D eigenvalue weighted by atomic mass is 35.5. The fraction of sp³-hybridized carbons (Fsp3) is 0.500. The highest BCUT2D eigenvalue weighted by Gasteiger charge is 2.45. The number of nitrogens with one attached hydrogen (secondary N) is 1. The van der Waals surface area contributed by atoms with Crippen molar-refractivity contribution in [2.45, 2.75) is 45.1 Å². The lowest BCUT2D eigenvalue weighted by atomic mass is 9.85. The molecule has 0 spiro atoms. The summed E-state index contributed by atoms with van der Waals surface area (Å²) in [7, 11) is 0. The second-order valence-corrected chi connectivity index (χ2v) is 6.23. The van der Waals surface area contributed by atoms with Crippen LogP contribution in [0.5, 0.6) is 0 Å². The summed E-state index contributed by atoms with van der Waals surface area (Å²) in [5.74, 6) is -0.953. The van der Waals surface area contributed by atoms with Crippen LogP contribution < -0.4 is 5.32 Å². The Kier molecular flexibility index (Phi) is 4.88. The van der Waals surface area contributed by atoms with Gasteiger partial charge in [-0.05, 0) is 37.8 Å². The lowest BCUT2D eigenvalue weighted by molar-refractivity contribution is -0.149. The Balaban J connectivity index is 1.90. The topological polar surface area (TPSA) is 66.4 Å². The SMILES string of the molecule is CC1(C(=O)O)CCCC1NC(=O)CCc1ccccc1Cl. The zero-order valence-corrected chi connectivity index (χ0v) is 12.8. The van der Waals surface area contributed by atoms with E-state index in [2.05, 4.69) is 5.32 Å². The van der Waals surface area contributed by atoms with Crippen molar-refractivity contribution in [3.63, 3.8) is 0 Å². The summed E-state index contributed by atoms with van der Waals surface area (Å²) in [6.45, 7) is 1.71. The van der Waals surface area contributed by atoms with Gasteiger partial charge < -0.3 is 10.4 Å². The van der Waals surface area contributed by atoms with Gasteiger partial charge in [-0.1, -0.05) is 36.2 Å². The van der Waals surface area contributed by atoms with Gasteiger partial charge in [-0.25, -0.2) is 0 Å². The van der Waals surface area contributed by atoms with Gasteiger partial charge in [-0.15, -0.1) is 0 Å². The van der Waals surface area contributed by atoms with Gasteiger partial charge in [-0.2, -0.15) is 0 Å². The zero-order valence-electron chi connectivity index (χ0n) is 12.1. The maximum Gasteiger partial charge on any atom is 0.311 e. The molecule has 21 heavy (non-hydrogen) atoms. The molecule has 114 valence electrons. The summed E-state index contributed by atoms with van der Waals surface area (Å²) in [5.41, 5.74) is 0.0850. The van der Waals surface area contributed by atoms with Crippen molar-refractivity contribution < 1.29 is 14.7 Å². The molecule has 0 saturated heterocycles. The maximum atomic E-state index is 12.0. The van der Waals surface area contributed by atoms with Crippen LogP contribution in [0.1, 0.15) is 38.2 Å². The first kappa shape index (κ1) is 15.8. The van der Waals surface area contributed by atoms with E-state index in [0.717, 1.165) is 18.4 Å². The predicted molar refractivity (Wildman–Crippen MR) is 81.3 cm³/mol. The van der Waals surface area contributed by atoms with Crippen molar-refractivity contribution in [2.75, 3.05) is 0 Å². The summed E-state index contributed by atoms with van der Waals surface area (Å²) in [4.78, 5) is 23.4. The minimum atomic E-state index is -0.847. The third kappa shape index (κ3) is 3.56. The number of aryl methyl sites for hydroxylation is 1. The van der Waals surface area contributed by atoms with Crippen molar-refractivity contribution in [1.29, 1.82) is 0 Å². The van der Waals surface area contributed by atoms with Crippen LogP contribution in [0.25, 0.3) is 0 Å². The number of carbonyl (C=O) groups excluding carboxylic acids is 1. The molecule has 2 atom stereocenters. The molecule has 1 fully saturated rings. The predicted octanol–water partition coefficient (Wildman–Crippen LogP) is 3.03. The second-order valence-electron chi connectivity index (χ2n) is 5.83. The Hall–Kier alpha value is -1.55. The molecular weight excluding hydrogens is 290 g/mol. The van der Waals surface area contributed by atoms with Crippen LogP contribution >= 0.6 is 11.6 Å². The number of carbonyl (C=O) groups is 2. The van der Waals surface area contributed by atoms with E-state index in [1.807, 2.05) is 18.2 Å². The van der Waals surface area contributed by atoms with Gasteiger partial charge in [-0.3, -0.25) is 9.59 Å². The molecule has 1 aromatic rings. The van der Waals surface area contributed by atoms with Crippen LogP contribution in [-0.4, -0.2) is 23.0 Å². The Morgan fingerprint density at radius 2 is 2.14 bits per heavy atom. The second kappa shape index (κ2) is 6.48. The third-order valence-electron chi connectivity index (χ3n) is 4.36. The zero-order chi connectivity index (χ0) is 15.5. The van der Waals surface area contributed by atoms with Crippen molar-refractivity contribution in [3.8, 4) is 0 Å². The molecule has 1 saturated carbocycles. The molecule has 1 aliphatic rings. The van der Waals surface area contributed by atoms with Crippen LogP contribution in [0.4, 0.5) is 0 Å². The highest BCUT2D eigenvalue weighted by Crippen LogP contribution is 2.38. The average Bonchev–Trinajstić information content (AvgIpc) is 2.81. The summed E-state index contributed by atoms with van der Waals surface area (Å²) < 4.78 is 0. The Morgan fingerprint density at radius 1 is 1.43 bits per heavy atom. The summed E-state index contributed by atoms with van der Waals surface area (Å²) in [6, 6.07) is 7.15. The smallest absolute Gasteiger partial charge is 0.311 e. The molecule has 4 nitrogen and oxygen atoms in total. The minimum Gasteiger partial charge on any atom is -0.481 e. The van der Waals surface area contributed by atoms with E-state index in [4.69, 9.17) is 11.6 Å². The number of amides is 1. The van der Waals surface area contributed by atoms with E-state index >= 15 is 0 Å². The minimum absolute atomic E-state index is 0.116. The van der Waals surface area contributed by atoms with Crippen LogP contribution in [0, 0.1) is 5.41 Å². The number of carboxylic acid groups (broad SMARTS) is 1. The van der Waals surface area contributed by atoms with Gasteiger partial charge >= 0.3 is 5.97 Å². The van der Waals surface area contributed by atoms with Crippen molar-refractivity contribution in [3.05, 3.63) is 34.9 Å².